The summed E-state index contributed by atoms with van der Waals surface area (Å²) in [4.78, 5) is 26.3. The average Bonchev–Trinajstić information content (AvgIpc) is 3.04. The van der Waals surface area contributed by atoms with Crippen LogP contribution in [0.5, 0.6) is 5.75 Å². The summed E-state index contributed by atoms with van der Waals surface area (Å²) in [6.07, 6.45) is -17.9. The molecule has 0 spiro atoms. The van der Waals surface area contributed by atoms with Crippen LogP contribution in [0.1, 0.15) is 70.1 Å². The maximum absolute atomic E-state index is 14.0. The molecule has 1 heterocycles. The third kappa shape index (κ3) is 7.99. The predicted octanol–water partition coefficient (Wildman–Crippen LogP) is 11.1. The molecule has 0 N–H and O–H groups in total. The first-order chi connectivity index (χ1) is 23.7. The minimum atomic E-state index is -5.12. The van der Waals surface area contributed by atoms with Crippen molar-refractivity contribution in [2.75, 3.05) is 7.11 Å². The van der Waals surface area contributed by atoms with Gasteiger partial charge in [0.25, 0.3) is 0 Å². The summed E-state index contributed by atoms with van der Waals surface area (Å²) in [6, 6.07) is 13.2. The molecule has 1 fully saturated rings. The van der Waals surface area contributed by atoms with Crippen LogP contribution in [0.15, 0.2) is 72.8 Å². The van der Waals surface area contributed by atoms with Crippen molar-refractivity contribution in [3.8, 4) is 28.0 Å². The van der Waals surface area contributed by atoms with Gasteiger partial charge in [-0.15, -0.1) is 0 Å². The summed E-state index contributed by atoms with van der Waals surface area (Å²) in [7, 11) is 1.37. The fraction of sp³-hybridized carbons (Fsp3) is 0.297. The first-order valence-electron chi connectivity index (χ1n) is 15.4. The fourth-order valence-corrected chi connectivity index (χ4v) is 6.08. The second-order valence-corrected chi connectivity index (χ2v) is 12.3. The van der Waals surface area contributed by atoms with Crippen LogP contribution in [-0.4, -0.2) is 29.9 Å². The second-order valence-electron chi connectivity index (χ2n) is 12.3. The summed E-state index contributed by atoms with van der Waals surface area (Å²) in [5.74, 6) is 0.157. The smallest absolute Gasteiger partial charge is 0.416 e. The molecule has 1 saturated heterocycles. The number of amides is 1. The SMILES string of the molecule is COc1ccc(-c2ccc(C(C)=O)cc2C)cc1-c1ccc(C(F)(F)F)cc1CN1C(=O)O[C@H](c2cc(C(F)(F)F)cc(C(F)(F)F)c2)C[C@@H]1C. The number of rotatable bonds is 7. The number of cyclic esters (lactones) is 1. The number of carbonyl (C=O) groups excluding carboxylic acids is 2. The van der Waals surface area contributed by atoms with Crippen molar-refractivity contribution in [1.82, 2.24) is 4.90 Å². The van der Waals surface area contributed by atoms with Crippen molar-refractivity contribution < 1.29 is 58.6 Å². The van der Waals surface area contributed by atoms with E-state index in [0.29, 0.717) is 28.8 Å². The third-order valence-electron chi connectivity index (χ3n) is 8.75. The van der Waals surface area contributed by atoms with Crippen LogP contribution in [0.25, 0.3) is 22.3 Å². The van der Waals surface area contributed by atoms with Gasteiger partial charge >= 0.3 is 24.6 Å². The Morgan fingerprint density at radius 3 is 1.92 bits per heavy atom. The van der Waals surface area contributed by atoms with Crippen molar-refractivity contribution in [1.29, 1.82) is 0 Å². The lowest BCUT2D eigenvalue weighted by atomic mass is 9.91. The number of ketones is 1. The van der Waals surface area contributed by atoms with E-state index in [4.69, 9.17) is 9.47 Å². The highest BCUT2D eigenvalue weighted by Gasteiger charge is 2.40. The van der Waals surface area contributed by atoms with E-state index in [9.17, 15) is 49.1 Å². The van der Waals surface area contributed by atoms with E-state index in [1.807, 2.05) is 0 Å². The monoisotopic (exact) mass is 723 g/mol. The van der Waals surface area contributed by atoms with Crippen molar-refractivity contribution in [3.63, 3.8) is 0 Å². The summed E-state index contributed by atoms with van der Waals surface area (Å²) in [5.41, 5.74) is -1.41. The number of aryl methyl sites for hydroxylation is 1. The number of ether oxygens (including phenoxy) is 2. The molecule has 0 aromatic heterocycles. The van der Waals surface area contributed by atoms with Gasteiger partial charge in [-0.25, -0.2) is 4.79 Å². The van der Waals surface area contributed by atoms with Gasteiger partial charge in [0.15, 0.2) is 5.78 Å². The molecular formula is C37H30F9NO4. The van der Waals surface area contributed by atoms with Crippen LogP contribution in [0.2, 0.25) is 0 Å². The molecule has 0 bridgehead atoms. The number of halogens is 9. The first kappa shape index (κ1) is 37.3. The molecule has 51 heavy (non-hydrogen) atoms. The quantitative estimate of drug-likeness (QED) is 0.141. The molecule has 0 radical (unpaired) electrons. The van der Waals surface area contributed by atoms with Gasteiger partial charge < -0.3 is 14.4 Å². The Hall–Kier alpha value is -5.01. The number of hydrogen-bond donors (Lipinski definition) is 0. The molecular weight excluding hydrogens is 693 g/mol. The maximum atomic E-state index is 14.0. The number of hydrogen-bond acceptors (Lipinski definition) is 4. The van der Waals surface area contributed by atoms with Gasteiger partial charge in [0.2, 0.25) is 0 Å². The van der Waals surface area contributed by atoms with E-state index < -0.39 is 65.6 Å². The molecule has 0 aliphatic carbocycles. The normalized spacial score (nSPS) is 17.0. The summed E-state index contributed by atoms with van der Waals surface area (Å²) in [5, 5.41) is 0. The molecule has 2 atom stereocenters. The third-order valence-corrected chi connectivity index (χ3v) is 8.75. The minimum Gasteiger partial charge on any atom is -0.496 e. The minimum absolute atomic E-state index is 0.0181. The van der Waals surface area contributed by atoms with E-state index in [0.717, 1.165) is 28.2 Å². The number of nitrogens with zero attached hydrogens (tertiary/aromatic N) is 1. The fourth-order valence-electron chi connectivity index (χ4n) is 6.08. The molecule has 4 aromatic rings. The van der Waals surface area contributed by atoms with Gasteiger partial charge in [-0.2, -0.15) is 39.5 Å². The Morgan fingerprint density at radius 1 is 0.784 bits per heavy atom. The molecule has 1 aliphatic rings. The summed E-state index contributed by atoms with van der Waals surface area (Å²) >= 11 is 0. The zero-order valence-corrected chi connectivity index (χ0v) is 27.5. The largest absolute Gasteiger partial charge is 0.496 e. The number of alkyl halides is 9. The lowest BCUT2D eigenvalue weighted by molar-refractivity contribution is -0.143. The average molecular weight is 724 g/mol. The van der Waals surface area contributed by atoms with Crippen LogP contribution >= 0.6 is 0 Å². The molecule has 14 heteroatoms. The van der Waals surface area contributed by atoms with Crippen LogP contribution in [0.3, 0.4) is 0 Å². The van der Waals surface area contributed by atoms with Gasteiger partial charge in [0.05, 0.1) is 23.8 Å². The zero-order chi connectivity index (χ0) is 37.6. The zero-order valence-electron chi connectivity index (χ0n) is 27.5. The van der Waals surface area contributed by atoms with E-state index >= 15 is 0 Å². The molecule has 4 aromatic carbocycles. The van der Waals surface area contributed by atoms with Gasteiger partial charge in [-0.1, -0.05) is 24.3 Å². The number of benzene rings is 4. The van der Waals surface area contributed by atoms with Gasteiger partial charge in [0.1, 0.15) is 11.9 Å². The van der Waals surface area contributed by atoms with E-state index in [-0.39, 0.29) is 35.1 Å². The van der Waals surface area contributed by atoms with Crippen molar-refractivity contribution >= 4 is 11.9 Å². The topological polar surface area (TPSA) is 55.8 Å². The highest BCUT2D eigenvalue weighted by atomic mass is 19.4. The summed E-state index contributed by atoms with van der Waals surface area (Å²) < 4.78 is 134. The highest BCUT2D eigenvalue weighted by Crippen LogP contribution is 2.43. The molecule has 0 unspecified atom stereocenters. The standard InChI is InChI=1S/C37H30F9NO4/c1-19-11-22(21(3)48)5-8-29(19)23-6-10-32(50-4)31(16-23)30-9-7-26(35(38,39)40)15-25(30)18-47-20(2)12-33(51-34(47)49)24-13-27(36(41,42)43)17-28(14-24)37(44,45)46/h5-11,13-17,20,33H,12,18H2,1-4H3/t20-,33-/m0/s1. The summed E-state index contributed by atoms with van der Waals surface area (Å²) in [6.45, 7) is 4.24. The van der Waals surface area contributed by atoms with E-state index in [1.54, 1.807) is 43.3 Å². The first-order valence-corrected chi connectivity index (χ1v) is 15.4. The molecule has 1 aliphatic heterocycles. The van der Waals surface area contributed by atoms with Gasteiger partial charge in [0, 0.05) is 30.1 Å². The predicted molar refractivity (Wildman–Crippen MR) is 169 cm³/mol. The molecule has 1 amide bonds. The Balaban J connectivity index is 1.54. The highest BCUT2D eigenvalue weighted by molar-refractivity contribution is 5.95. The lowest BCUT2D eigenvalue weighted by Gasteiger charge is -2.38. The van der Waals surface area contributed by atoms with Crippen LogP contribution < -0.4 is 4.74 Å². The van der Waals surface area contributed by atoms with Crippen molar-refractivity contribution in [3.05, 3.63) is 112 Å². The Morgan fingerprint density at radius 2 is 1.39 bits per heavy atom. The van der Waals surface area contributed by atoms with Crippen LogP contribution in [0, 0.1) is 6.92 Å². The van der Waals surface area contributed by atoms with Gasteiger partial charge in [-0.3, -0.25) is 4.79 Å². The Kier molecular flexibility index (Phi) is 9.94. The van der Waals surface area contributed by atoms with E-state index in [2.05, 4.69) is 0 Å². The van der Waals surface area contributed by atoms with Gasteiger partial charge in [-0.05, 0) is 103 Å². The Bertz CT molecular complexity index is 1950. The Labute approximate surface area is 286 Å². The van der Waals surface area contributed by atoms with Crippen LogP contribution in [0.4, 0.5) is 44.3 Å². The maximum Gasteiger partial charge on any atom is 0.416 e. The molecule has 5 rings (SSSR count). The molecule has 5 nitrogen and oxygen atoms in total. The lowest BCUT2D eigenvalue weighted by Crippen LogP contribution is -2.44. The van der Waals surface area contributed by atoms with Crippen LogP contribution in [-0.2, 0) is 29.8 Å². The second kappa shape index (κ2) is 13.6. The van der Waals surface area contributed by atoms with Crippen molar-refractivity contribution in [2.24, 2.45) is 0 Å². The van der Waals surface area contributed by atoms with Crippen molar-refractivity contribution in [2.45, 2.75) is 64.4 Å². The number of methoxy groups -OCH3 is 1. The number of Topliss-reactive ketones (excluding diaryl/α,β-unsaturated/α-hetero) is 1. The number of carbonyl (C=O) groups is 2. The molecule has 270 valence electrons. The molecule has 0 saturated carbocycles. The van der Waals surface area contributed by atoms with E-state index in [1.165, 1.54) is 27.0 Å².